The maximum absolute atomic E-state index is 13.4. The predicted molar refractivity (Wildman–Crippen MR) is 64.0 cm³/mol. The highest BCUT2D eigenvalue weighted by molar-refractivity contribution is 5.78. The molecule has 0 atom stereocenters. The van der Waals surface area contributed by atoms with Crippen molar-refractivity contribution in [3.63, 3.8) is 0 Å². The molecule has 0 heterocycles. The zero-order valence-corrected chi connectivity index (χ0v) is 10.3. The van der Waals surface area contributed by atoms with Crippen LogP contribution in [0.15, 0.2) is 18.2 Å². The molecule has 0 aliphatic heterocycles. The van der Waals surface area contributed by atoms with Gasteiger partial charge >= 0.3 is 0 Å². The lowest BCUT2D eigenvalue weighted by Gasteiger charge is -2.21. The molecule has 1 amide bonds. The van der Waals surface area contributed by atoms with E-state index in [1.54, 1.807) is 0 Å². The van der Waals surface area contributed by atoms with Crippen LogP contribution in [-0.4, -0.2) is 35.6 Å². The molecule has 18 heavy (non-hydrogen) atoms. The van der Waals surface area contributed by atoms with Gasteiger partial charge in [0.05, 0.1) is 13.0 Å². The highest BCUT2D eigenvalue weighted by Gasteiger charge is 2.15. The first-order valence-electron chi connectivity index (χ1n) is 5.91. The lowest BCUT2D eigenvalue weighted by Crippen LogP contribution is -2.35. The molecule has 0 spiro atoms. The molecular formula is C13H17F2NO2. The van der Waals surface area contributed by atoms with Crippen molar-refractivity contribution in [2.45, 2.75) is 19.8 Å². The molecule has 0 unspecified atom stereocenters. The zero-order chi connectivity index (χ0) is 13.5. The molecule has 0 aliphatic rings. The minimum Gasteiger partial charge on any atom is -0.395 e. The number of nitrogens with zero attached hydrogens (tertiary/aromatic N) is 1. The van der Waals surface area contributed by atoms with Gasteiger partial charge < -0.3 is 10.0 Å². The number of carbonyl (C=O) groups is 1. The van der Waals surface area contributed by atoms with Gasteiger partial charge in [-0.05, 0) is 18.1 Å². The number of hydrogen-bond donors (Lipinski definition) is 1. The topological polar surface area (TPSA) is 40.5 Å². The van der Waals surface area contributed by atoms with E-state index in [-0.39, 0.29) is 31.0 Å². The van der Waals surface area contributed by atoms with Crippen LogP contribution < -0.4 is 0 Å². The van der Waals surface area contributed by atoms with Crippen molar-refractivity contribution in [3.05, 3.63) is 35.4 Å². The molecule has 0 aliphatic carbocycles. The molecule has 1 rings (SSSR count). The van der Waals surface area contributed by atoms with Crippen molar-refractivity contribution < 1.29 is 18.7 Å². The molecule has 1 aromatic rings. The number of aliphatic hydroxyl groups is 1. The average Bonchev–Trinajstić information content (AvgIpc) is 2.32. The summed E-state index contributed by atoms with van der Waals surface area (Å²) >= 11 is 0. The fourth-order valence-electron chi connectivity index (χ4n) is 1.69. The minimum atomic E-state index is -0.719. The second-order valence-electron chi connectivity index (χ2n) is 4.02. The van der Waals surface area contributed by atoms with Crippen LogP contribution in [0.4, 0.5) is 8.78 Å². The number of hydrogen-bond acceptors (Lipinski definition) is 2. The molecule has 0 aromatic heterocycles. The summed E-state index contributed by atoms with van der Waals surface area (Å²) in [6.07, 6.45) is 0.643. The van der Waals surface area contributed by atoms with Crippen molar-refractivity contribution in [3.8, 4) is 0 Å². The Morgan fingerprint density at radius 3 is 2.61 bits per heavy atom. The van der Waals surface area contributed by atoms with Crippen LogP contribution in [0.2, 0.25) is 0 Å². The van der Waals surface area contributed by atoms with Crippen LogP contribution in [-0.2, 0) is 11.2 Å². The van der Waals surface area contributed by atoms with E-state index < -0.39 is 11.6 Å². The number of benzene rings is 1. The number of halogens is 2. The first-order chi connectivity index (χ1) is 8.58. The fourth-order valence-corrected chi connectivity index (χ4v) is 1.69. The van der Waals surface area contributed by atoms with Gasteiger partial charge in [-0.15, -0.1) is 0 Å². The van der Waals surface area contributed by atoms with Gasteiger partial charge in [0.2, 0.25) is 5.91 Å². The predicted octanol–water partition coefficient (Wildman–Crippen LogP) is 1.74. The van der Waals surface area contributed by atoms with E-state index in [0.717, 1.165) is 18.6 Å². The molecule has 1 N–H and O–H groups in total. The SMILES string of the molecule is CCCN(CCO)C(=O)Cc1ccc(F)cc1F. The van der Waals surface area contributed by atoms with E-state index in [2.05, 4.69) is 0 Å². The van der Waals surface area contributed by atoms with Gasteiger partial charge in [-0.25, -0.2) is 8.78 Å². The Hall–Kier alpha value is -1.49. The highest BCUT2D eigenvalue weighted by atomic mass is 19.1. The molecule has 1 aromatic carbocycles. The summed E-state index contributed by atoms with van der Waals surface area (Å²) in [6.45, 7) is 2.53. The van der Waals surface area contributed by atoms with Gasteiger partial charge in [-0.1, -0.05) is 13.0 Å². The van der Waals surface area contributed by atoms with E-state index in [1.165, 1.54) is 11.0 Å². The first-order valence-corrected chi connectivity index (χ1v) is 5.91. The number of amides is 1. The van der Waals surface area contributed by atoms with Crippen molar-refractivity contribution in [1.82, 2.24) is 4.90 Å². The molecule has 0 fully saturated rings. The Bertz CT molecular complexity index is 404. The smallest absolute Gasteiger partial charge is 0.227 e. The third-order valence-electron chi connectivity index (χ3n) is 2.57. The van der Waals surface area contributed by atoms with Gasteiger partial charge in [0.25, 0.3) is 0 Å². The lowest BCUT2D eigenvalue weighted by molar-refractivity contribution is -0.131. The van der Waals surface area contributed by atoms with Crippen LogP contribution in [0.5, 0.6) is 0 Å². The Morgan fingerprint density at radius 2 is 2.06 bits per heavy atom. The average molecular weight is 257 g/mol. The van der Waals surface area contributed by atoms with E-state index in [0.29, 0.717) is 6.54 Å². The minimum absolute atomic E-state index is 0.119. The molecule has 3 nitrogen and oxygen atoms in total. The van der Waals surface area contributed by atoms with Gasteiger partial charge in [0.15, 0.2) is 0 Å². The molecule has 100 valence electrons. The van der Waals surface area contributed by atoms with Gasteiger partial charge in [-0.3, -0.25) is 4.79 Å². The Kier molecular flexibility index (Phi) is 5.71. The summed E-state index contributed by atoms with van der Waals surface area (Å²) in [5.74, 6) is -1.65. The molecule has 0 saturated carbocycles. The molecular weight excluding hydrogens is 240 g/mol. The second kappa shape index (κ2) is 7.06. The summed E-state index contributed by atoms with van der Waals surface area (Å²) < 4.78 is 26.1. The largest absolute Gasteiger partial charge is 0.395 e. The summed E-state index contributed by atoms with van der Waals surface area (Å²) in [7, 11) is 0. The van der Waals surface area contributed by atoms with Crippen LogP contribution in [0.25, 0.3) is 0 Å². The van der Waals surface area contributed by atoms with Crippen LogP contribution >= 0.6 is 0 Å². The summed E-state index contributed by atoms with van der Waals surface area (Å²) in [5.41, 5.74) is 0.167. The highest BCUT2D eigenvalue weighted by Crippen LogP contribution is 2.11. The van der Waals surface area contributed by atoms with Gasteiger partial charge in [0.1, 0.15) is 11.6 Å². The van der Waals surface area contributed by atoms with E-state index in [1.807, 2.05) is 6.92 Å². The monoisotopic (exact) mass is 257 g/mol. The summed E-state index contributed by atoms with van der Waals surface area (Å²) in [5, 5.41) is 8.85. The van der Waals surface area contributed by atoms with Crippen molar-refractivity contribution in [2.75, 3.05) is 19.7 Å². The molecule has 0 saturated heterocycles. The Balaban J connectivity index is 2.72. The summed E-state index contributed by atoms with van der Waals surface area (Å²) in [6, 6.07) is 3.16. The van der Waals surface area contributed by atoms with Gasteiger partial charge in [-0.2, -0.15) is 0 Å². The maximum Gasteiger partial charge on any atom is 0.227 e. The third kappa shape index (κ3) is 4.07. The van der Waals surface area contributed by atoms with Crippen molar-refractivity contribution in [2.24, 2.45) is 0 Å². The van der Waals surface area contributed by atoms with Crippen LogP contribution in [0, 0.1) is 11.6 Å². The maximum atomic E-state index is 13.4. The quantitative estimate of drug-likeness (QED) is 0.843. The number of aliphatic hydroxyl groups excluding tert-OH is 1. The van der Waals surface area contributed by atoms with Crippen LogP contribution in [0.3, 0.4) is 0 Å². The molecule has 0 bridgehead atoms. The molecule has 5 heteroatoms. The zero-order valence-electron chi connectivity index (χ0n) is 10.3. The van der Waals surface area contributed by atoms with E-state index in [9.17, 15) is 13.6 Å². The van der Waals surface area contributed by atoms with Gasteiger partial charge in [0, 0.05) is 19.2 Å². The van der Waals surface area contributed by atoms with E-state index in [4.69, 9.17) is 5.11 Å². The summed E-state index contributed by atoms with van der Waals surface area (Å²) in [4.78, 5) is 13.4. The van der Waals surface area contributed by atoms with E-state index >= 15 is 0 Å². The Labute approximate surface area is 105 Å². The van der Waals surface area contributed by atoms with Crippen LogP contribution in [0.1, 0.15) is 18.9 Å². The standard InChI is InChI=1S/C13H17F2NO2/c1-2-5-16(6-7-17)13(18)8-10-3-4-11(14)9-12(10)15/h3-4,9,17H,2,5-8H2,1H3. The lowest BCUT2D eigenvalue weighted by atomic mass is 10.1. The third-order valence-corrected chi connectivity index (χ3v) is 2.57. The number of rotatable bonds is 6. The number of carbonyl (C=O) groups excluding carboxylic acids is 1. The van der Waals surface area contributed by atoms with Crippen molar-refractivity contribution in [1.29, 1.82) is 0 Å². The normalized spacial score (nSPS) is 10.4. The second-order valence-corrected chi connectivity index (χ2v) is 4.02. The van der Waals surface area contributed by atoms with Crippen molar-refractivity contribution >= 4 is 5.91 Å². The fraction of sp³-hybridized carbons (Fsp3) is 0.462. The molecule has 0 radical (unpaired) electrons. The Morgan fingerprint density at radius 1 is 1.33 bits per heavy atom. The first kappa shape index (κ1) is 14.6.